The molecule has 7 heteroatoms. The summed E-state index contributed by atoms with van der Waals surface area (Å²) in [5.41, 5.74) is 1.37. The Morgan fingerprint density at radius 3 is 2.53 bits per heavy atom. The van der Waals surface area contributed by atoms with E-state index in [1.54, 1.807) is 43.5 Å². The van der Waals surface area contributed by atoms with Crippen molar-refractivity contribution < 1.29 is 17.9 Å². The van der Waals surface area contributed by atoms with E-state index in [1.807, 2.05) is 30.3 Å². The van der Waals surface area contributed by atoms with E-state index in [2.05, 4.69) is 15.9 Å². The predicted octanol–water partition coefficient (Wildman–Crippen LogP) is 5.38. The Hall–Kier alpha value is -3.08. The first-order valence-corrected chi connectivity index (χ1v) is 11.2. The second-order valence-electron chi connectivity index (χ2n) is 6.26. The molecule has 0 saturated heterocycles. The third-order valence-electron chi connectivity index (χ3n) is 4.24. The zero-order valence-corrected chi connectivity index (χ0v) is 18.5. The van der Waals surface area contributed by atoms with Crippen molar-refractivity contribution in [1.29, 1.82) is 5.26 Å². The van der Waals surface area contributed by atoms with Crippen LogP contribution in [-0.4, -0.2) is 15.5 Å². The molecule has 3 rings (SSSR count). The minimum atomic E-state index is -3.94. The number of nitriles is 1. The van der Waals surface area contributed by atoms with Crippen molar-refractivity contribution in [2.75, 3.05) is 7.11 Å². The van der Waals surface area contributed by atoms with Gasteiger partial charge >= 0.3 is 0 Å². The first kappa shape index (κ1) is 21.6. The fourth-order valence-corrected chi connectivity index (χ4v) is 4.28. The molecule has 0 N–H and O–H groups in total. The molecule has 3 aromatic rings. The normalized spacial score (nSPS) is 11.6. The van der Waals surface area contributed by atoms with Crippen LogP contribution in [0.15, 0.2) is 87.1 Å². The Balaban J connectivity index is 1.95. The number of halogens is 1. The summed E-state index contributed by atoms with van der Waals surface area (Å²) < 4.78 is 37.6. The molecule has 0 bridgehead atoms. The average Bonchev–Trinajstić information content (AvgIpc) is 2.77. The van der Waals surface area contributed by atoms with E-state index in [0.29, 0.717) is 17.1 Å². The Bertz CT molecular complexity index is 1220. The lowest BCUT2D eigenvalue weighted by molar-refractivity contribution is 0.304. The fourth-order valence-electron chi connectivity index (χ4n) is 2.72. The smallest absolute Gasteiger partial charge is 0.216 e. The van der Waals surface area contributed by atoms with Crippen LogP contribution in [0.1, 0.15) is 11.1 Å². The summed E-state index contributed by atoms with van der Waals surface area (Å²) in [6.07, 6.45) is 1.33. The highest BCUT2D eigenvalue weighted by Gasteiger charge is 2.21. The summed E-state index contributed by atoms with van der Waals surface area (Å²) in [4.78, 5) is -0.301. The van der Waals surface area contributed by atoms with Crippen molar-refractivity contribution >= 4 is 31.8 Å². The molecular weight excluding hydrogens is 466 g/mol. The first-order chi connectivity index (χ1) is 14.4. The number of methoxy groups -OCH3 is 1. The van der Waals surface area contributed by atoms with Crippen LogP contribution in [0.4, 0.5) is 0 Å². The third kappa shape index (κ3) is 5.09. The van der Waals surface area contributed by atoms with Crippen molar-refractivity contribution in [2.45, 2.75) is 11.5 Å². The van der Waals surface area contributed by atoms with Crippen LogP contribution in [0, 0.1) is 11.3 Å². The Labute approximate surface area is 184 Å². The minimum Gasteiger partial charge on any atom is -0.497 e. The molecule has 0 aliphatic carbocycles. The molecule has 0 aliphatic rings. The van der Waals surface area contributed by atoms with Crippen molar-refractivity contribution in [3.63, 3.8) is 0 Å². The van der Waals surface area contributed by atoms with E-state index < -0.39 is 9.84 Å². The summed E-state index contributed by atoms with van der Waals surface area (Å²) in [5, 5.41) is 9.55. The van der Waals surface area contributed by atoms with Gasteiger partial charge in [-0.1, -0.05) is 46.3 Å². The molecule has 0 aliphatic heterocycles. The summed E-state index contributed by atoms with van der Waals surface area (Å²) in [6, 6.07) is 22.3. The van der Waals surface area contributed by atoms with Gasteiger partial charge in [0.1, 0.15) is 29.1 Å². The lowest BCUT2D eigenvalue weighted by Gasteiger charge is -2.11. The van der Waals surface area contributed by atoms with Crippen LogP contribution >= 0.6 is 15.9 Å². The van der Waals surface area contributed by atoms with Crippen LogP contribution in [-0.2, 0) is 16.4 Å². The molecule has 30 heavy (non-hydrogen) atoms. The Morgan fingerprint density at radius 2 is 1.83 bits per heavy atom. The first-order valence-electron chi connectivity index (χ1n) is 8.91. The standard InChI is InChI=1S/C23H18BrNO4S/c1-28-20-7-5-6-17(12-20)16-29-23-11-10-19(24)13-18(23)14-22(15-25)30(26,27)21-8-3-2-4-9-21/h2-14H,16H2,1H3/b22-14+. The van der Waals surface area contributed by atoms with Gasteiger partial charge < -0.3 is 9.47 Å². The molecule has 0 radical (unpaired) electrons. The second kappa shape index (κ2) is 9.61. The molecule has 3 aromatic carbocycles. The molecule has 0 atom stereocenters. The van der Waals surface area contributed by atoms with E-state index in [-0.39, 0.29) is 16.4 Å². The molecule has 0 spiro atoms. The van der Waals surface area contributed by atoms with Crippen molar-refractivity contribution in [3.05, 3.63) is 93.3 Å². The highest BCUT2D eigenvalue weighted by molar-refractivity contribution is 9.10. The van der Waals surface area contributed by atoms with Gasteiger partial charge in [0.15, 0.2) is 0 Å². The Morgan fingerprint density at radius 1 is 1.07 bits per heavy atom. The van der Waals surface area contributed by atoms with Gasteiger partial charge in [-0.3, -0.25) is 0 Å². The zero-order chi connectivity index (χ0) is 21.6. The van der Waals surface area contributed by atoms with Gasteiger partial charge in [-0.05, 0) is 54.1 Å². The van der Waals surface area contributed by atoms with E-state index in [9.17, 15) is 13.7 Å². The van der Waals surface area contributed by atoms with Crippen LogP contribution in [0.2, 0.25) is 0 Å². The summed E-state index contributed by atoms with van der Waals surface area (Å²) in [6.45, 7) is 0.257. The SMILES string of the molecule is COc1cccc(COc2ccc(Br)cc2/C=C(\C#N)S(=O)(=O)c2ccccc2)c1. The summed E-state index contributed by atoms with van der Waals surface area (Å²) in [7, 11) is -2.35. The van der Waals surface area contributed by atoms with Crippen LogP contribution < -0.4 is 9.47 Å². The van der Waals surface area contributed by atoms with E-state index >= 15 is 0 Å². The number of sulfone groups is 1. The van der Waals surface area contributed by atoms with Gasteiger partial charge in [-0.15, -0.1) is 0 Å². The summed E-state index contributed by atoms with van der Waals surface area (Å²) >= 11 is 3.38. The van der Waals surface area contributed by atoms with Crippen molar-refractivity contribution in [2.24, 2.45) is 0 Å². The van der Waals surface area contributed by atoms with Gasteiger partial charge in [-0.2, -0.15) is 5.26 Å². The van der Waals surface area contributed by atoms with Crippen molar-refractivity contribution in [1.82, 2.24) is 0 Å². The van der Waals surface area contributed by atoms with Gasteiger partial charge in [0.25, 0.3) is 0 Å². The topological polar surface area (TPSA) is 76.4 Å². The quantitative estimate of drug-likeness (QED) is 0.421. The Kier molecular flexibility index (Phi) is 6.93. The average molecular weight is 484 g/mol. The fraction of sp³-hybridized carbons (Fsp3) is 0.0870. The molecule has 152 valence electrons. The predicted molar refractivity (Wildman–Crippen MR) is 119 cm³/mol. The van der Waals surface area contributed by atoms with E-state index in [0.717, 1.165) is 10.0 Å². The maximum absolute atomic E-state index is 12.9. The van der Waals surface area contributed by atoms with Gasteiger partial charge in [0, 0.05) is 10.0 Å². The van der Waals surface area contributed by atoms with Crippen molar-refractivity contribution in [3.8, 4) is 17.6 Å². The van der Waals surface area contributed by atoms with E-state index in [4.69, 9.17) is 9.47 Å². The monoisotopic (exact) mass is 483 g/mol. The number of hydrogen-bond acceptors (Lipinski definition) is 5. The highest BCUT2D eigenvalue weighted by atomic mass is 79.9. The lowest BCUT2D eigenvalue weighted by atomic mass is 10.2. The van der Waals surface area contributed by atoms with E-state index in [1.165, 1.54) is 18.2 Å². The van der Waals surface area contributed by atoms with Crippen LogP contribution in [0.5, 0.6) is 11.5 Å². The molecular formula is C23H18BrNO4S. The summed E-state index contributed by atoms with van der Waals surface area (Å²) in [5.74, 6) is 1.17. The molecule has 0 fully saturated rings. The van der Waals surface area contributed by atoms with Gasteiger partial charge in [0.05, 0.1) is 12.0 Å². The molecule has 0 aromatic heterocycles. The number of nitrogens with zero attached hydrogens (tertiary/aromatic N) is 1. The number of hydrogen-bond donors (Lipinski definition) is 0. The molecule has 0 saturated carbocycles. The maximum atomic E-state index is 12.9. The van der Waals surface area contributed by atoms with Gasteiger partial charge in [0.2, 0.25) is 9.84 Å². The van der Waals surface area contributed by atoms with Crippen LogP contribution in [0.3, 0.4) is 0 Å². The van der Waals surface area contributed by atoms with Crippen LogP contribution in [0.25, 0.3) is 6.08 Å². The molecule has 5 nitrogen and oxygen atoms in total. The lowest BCUT2D eigenvalue weighted by Crippen LogP contribution is -2.04. The highest BCUT2D eigenvalue weighted by Crippen LogP contribution is 2.29. The third-order valence-corrected chi connectivity index (χ3v) is 6.41. The molecule has 0 unspecified atom stereocenters. The number of ether oxygens (including phenoxy) is 2. The molecule has 0 heterocycles. The van der Waals surface area contributed by atoms with Gasteiger partial charge in [-0.25, -0.2) is 8.42 Å². The number of rotatable bonds is 7. The zero-order valence-electron chi connectivity index (χ0n) is 16.1. The second-order valence-corrected chi connectivity index (χ2v) is 9.09. The maximum Gasteiger partial charge on any atom is 0.216 e. The number of allylic oxidation sites excluding steroid dienone is 1. The number of benzene rings is 3. The minimum absolute atomic E-state index is 0.0617. The largest absolute Gasteiger partial charge is 0.497 e. The molecule has 0 amide bonds.